The van der Waals surface area contributed by atoms with Gasteiger partial charge in [0.1, 0.15) is 0 Å². The third kappa shape index (κ3) is 2.61. The Hall–Kier alpha value is -0.210. The van der Waals surface area contributed by atoms with Crippen molar-refractivity contribution in [1.82, 2.24) is 4.31 Å². The van der Waals surface area contributed by atoms with Crippen LogP contribution in [0.2, 0.25) is 0 Å². The number of methoxy groups -OCH3 is 1. The van der Waals surface area contributed by atoms with E-state index in [0.29, 0.717) is 0 Å². The molecule has 1 rings (SSSR count). The van der Waals surface area contributed by atoms with Crippen LogP contribution in [0.4, 0.5) is 0 Å². The van der Waals surface area contributed by atoms with Gasteiger partial charge in [-0.05, 0) is 6.42 Å². The van der Waals surface area contributed by atoms with Crippen molar-refractivity contribution in [2.24, 2.45) is 0 Å². The van der Waals surface area contributed by atoms with E-state index in [4.69, 9.17) is 9.29 Å². The molecule has 0 aliphatic carbocycles. The Labute approximate surface area is 77.0 Å². The summed E-state index contributed by atoms with van der Waals surface area (Å²) >= 11 is 0. The largest absolute Gasteiger partial charge is 0.390 e. The van der Waals surface area contributed by atoms with E-state index in [1.165, 1.54) is 7.11 Å². The quantitative estimate of drug-likeness (QED) is 0.564. The van der Waals surface area contributed by atoms with Crippen molar-refractivity contribution in [3.05, 3.63) is 0 Å². The van der Waals surface area contributed by atoms with Gasteiger partial charge in [-0.2, -0.15) is 12.7 Å². The van der Waals surface area contributed by atoms with Crippen LogP contribution in [0.3, 0.4) is 0 Å². The predicted molar refractivity (Wildman–Crippen MR) is 44.5 cm³/mol. The molecule has 1 aliphatic heterocycles. The second-order valence-electron chi connectivity index (χ2n) is 2.97. The number of rotatable bonds is 2. The molecule has 2 N–H and O–H groups in total. The summed E-state index contributed by atoms with van der Waals surface area (Å²) < 4.78 is 35.8. The van der Waals surface area contributed by atoms with E-state index in [1.54, 1.807) is 0 Å². The first-order valence-corrected chi connectivity index (χ1v) is 5.28. The lowest BCUT2D eigenvalue weighted by molar-refractivity contribution is -0.0456. The van der Waals surface area contributed by atoms with Gasteiger partial charge in [-0.15, -0.1) is 0 Å². The molecule has 0 amide bonds. The lowest BCUT2D eigenvalue weighted by Crippen LogP contribution is -2.49. The standard InChI is InChI=1S/C6H13NO5S/c1-12-6-4-7(13(9,10)11)3-2-5(6)8/h5-6,8H,2-4H2,1H3,(H,9,10,11). The van der Waals surface area contributed by atoms with Gasteiger partial charge >= 0.3 is 10.3 Å². The molecule has 0 aromatic rings. The molecule has 1 saturated heterocycles. The summed E-state index contributed by atoms with van der Waals surface area (Å²) in [5, 5.41) is 9.32. The molecule has 6 nitrogen and oxygen atoms in total. The summed E-state index contributed by atoms with van der Waals surface area (Å²) in [6.07, 6.45) is -0.947. The number of aliphatic hydroxyl groups excluding tert-OH is 1. The molecule has 0 aromatic carbocycles. The fourth-order valence-electron chi connectivity index (χ4n) is 1.32. The van der Waals surface area contributed by atoms with E-state index in [0.717, 1.165) is 4.31 Å². The van der Waals surface area contributed by atoms with Crippen LogP contribution in [-0.4, -0.2) is 54.8 Å². The fourth-order valence-corrected chi connectivity index (χ4v) is 1.99. The van der Waals surface area contributed by atoms with E-state index < -0.39 is 22.5 Å². The highest BCUT2D eigenvalue weighted by atomic mass is 32.2. The molecule has 0 aromatic heterocycles. The SMILES string of the molecule is COC1CN(S(=O)(=O)O)CCC1O. The molecule has 0 bridgehead atoms. The van der Waals surface area contributed by atoms with Crippen molar-refractivity contribution in [3.63, 3.8) is 0 Å². The van der Waals surface area contributed by atoms with E-state index in [-0.39, 0.29) is 19.5 Å². The minimum absolute atomic E-state index is 0.00347. The third-order valence-electron chi connectivity index (χ3n) is 2.12. The molecule has 2 atom stereocenters. The number of hydrogen-bond donors (Lipinski definition) is 2. The van der Waals surface area contributed by atoms with Crippen LogP contribution in [-0.2, 0) is 15.0 Å². The first-order chi connectivity index (χ1) is 5.95. The van der Waals surface area contributed by atoms with Gasteiger partial charge in [0, 0.05) is 20.2 Å². The highest BCUT2D eigenvalue weighted by Gasteiger charge is 2.32. The highest BCUT2D eigenvalue weighted by Crippen LogP contribution is 2.15. The first kappa shape index (κ1) is 10.9. The monoisotopic (exact) mass is 211 g/mol. The average molecular weight is 211 g/mol. The van der Waals surface area contributed by atoms with Crippen molar-refractivity contribution in [1.29, 1.82) is 0 Å². The zero-order valence-electron chi connectivity index (χ0n) is 7.25. The maximum absolute atomic E-state index is 10.7. The molecule has 13 heavy (non-hydrogen) atoms. The van der Waals surface area contributed by atoms with Crippen molar-refractivity contribution in [2.45, 2.75) is 18.6 Å². The van der Waals surface area contributed by atoms with Crippen molar-refractivity contribution < 1.29 is 22.8 Å². The molecule has 0 spiro atoms. The second kappa shape index (κ2) is 3.89. The minimum Gasteiger partial charge on any atom is -0.390 e. The number of hydrogen-bond acceptors (Lipinski definition) is 4. The average Bonchev–Trinajstić information content (AvgIpc) is 2.03. The predicted octanol–water partition coefficient (Wildman–Crippen LogP) is -1.13. The van der Waals surface area contributed by atoms with Gasteiger partial charge in [0.05, 0.1) is 12.2 Å². The van der Waals surface area contributed by atoms with E-state index in [1.807, 2.05) is 0 Å². The van der Waals surface area contributed by atoms with Crippen LogP contribution in [0.15, 0.2) is 0 Å². The van der Waals surface area contributed by atoms with Gasteiger partial charge in [-0.3, -0.25) is 4.55 Å². The van der Waals surface area contributed by atoms with Gasteiger partial charge < -0.3 is 9.84 Å². The van der Waals surface area contributed by atoms with Crippen LogP contribution >= 0.6 is 0 Å². The Bertz CT molecular complexity index is 264. The van der Waals surface area contributed by atoms with E-state index in [9.17, 15) is 13.5 Å². The lowest BCUT2D eigenvalue weighted by Gasteiger charge is -2.32. The molecule has 1 aliphatic rings. The Kier molecular flexibility index (Phi) is 3.25. The highest BCUT2D eigenvalue weighted by molar-refractivity contribution is 7.83. The molecule has 2 unspecified atom stereocenters. The van der Waals surface area contributed by atoms with Crippen LogP contribution in [0.5, 0.6) is 0 Å². The topological polar surface area (TPSA) is 87.1 Å². The molecule has 1 fully saturated rings. The van der Waals surface area contributed by atoms with Gasteiger partial charge in [-0.25, -0.2) is 0 Å². The zero-order chi connectivity index (χ0) is 10.1. The molecular formula is C6H13NO5S. The van der Waals surface area contributed by atoms with Crippen LogP contribution in [0.1, 0.15) is 6.42 Å². The van der Waals surface area contributed by atoms with Crippen LogP contribution in [0, 0.1) is 0 Å². The summed E-state index contributed by atoms with van der Waals surface area (Å²) in [6.45, 7) is 0.121. The van der Waals surface area contributed by atoms with E-state index in [2.05, 4.69) is 0 Å². The van der Waals surface area contributed by atoms with Crippen molar-refractivity contribution in [2.75, 3.05) is 20.2 Å². The fraction of sp³-hybridized carbons (Fsp3) is 1.00. The Morgan fingerprint density at radius 1 is 1.54 bits per heavy atom. The van der Waals surface area contributed by atoms with Crippen molar-refractivity contribution >= 4 is 10.3 Å². The molecular weight excluding hydrogens is 198 g/mol. The minimum atomic E-state index is -4.15. The number of aliphatic hydroxyl groups is 1. The molecule has 0 saturated carbocycles. The van der Waals surface area contributed by atoms with Gasteiger partial charge in [0.15, 0.2) is 0 Å². The summed E-state index contributed by atoms with van der Waals surface area (Å²) in [5.74, 6) is 0. The number of nitrogens with zero attached hydrogens (tertiary/aromatic N) is 1. The summed E-state index contributed by atoms with van der Waals surface area (Å²) in [4.78, 5) is 0. The molecule has 7 heteroatoms. The van der Waals surface area contributed by atoms with Gasteiger partial charge in [0.25, 0.3) is 0 Å². The number of piperidine rings is 1. The number of ether oxygens (including phenoxy) is 1. The second-order valence-corrected chi connectivity index (χ2v) is 4.38. The Morgan fingerprint density at radius 3 is 2.62 bits per heavy atom. The van der Waals surface area contributed by atoms with Gasteiger partial charge in [-0.1, -0.05) is 0 Å². The Morgan fingerprint density at radius 2 is 2.15 bits per heavy atom. The normalized spacial score (nSPS) is 31.9. The summed E-state index contributed by atoms with van der Waals surface area (Å²) in [5.41, 5.74) is 0. The van der Waals surface area contributed by atoms with Crippen LogP contribution < -0.4 is 0 Å². The smallest absolute Gasteiger partial charge is 0.335 e. The summed E-state index contributed by atoms with van der Waals surface area (Å²) in [7, 11) is -2.76. The van der Waals surface area contributed by atoms with Gasteiger partial charge in [0.2, 0.25) is 0 Å². The van der Waals surface area contributed by atoms with E-state index >= 15 is 0 Å². The zero-order valence-corrected chi connectivity index (χ0v) is 8.07. The summed E-state index contributed by atoms with van der Waals surface area (Å²) in [6, 6.07) is 0. The Balaban J connectivity index is 2.65. The molecule has 1 heterocycles. The third-order valence-corrected chi connectivity index (χ3v) is 3.10. The maximum Gasteiger partial charge on any atom is 0.335 e. The maximum atomic E-state index is 10.7. The lowest BCUT2D eigenvalue weighted by atomic mass is 10.1. The molecule has 0 radical (unpaired) electrons. The van der Waals surface area contributed by atoms with Crippen molar-refractivity contribution in [3.8, 4) is 0 Å². The molecule has 78 valence electrons. The van der Waals surface area contributed by atoms with Crippen LogP contribution in [0.25, 0.3) is 0 Å². The first-order valence-electron chi connectivity index (χ1n) is 3.88.